The number of amides is 1. The van der Waals surface area contributed by atoms with Crippen molar-refractivity contribution in [2.75, 3.05) is 18.8 Å². The number of carbonyl (C=O) groups is 1. The topological polar surface area (TPSA) is 42.4 Å². The standard InChI is InChI=1S/C17H18N2O2S2/c20-16(14-3-6-22-9-14)19-11-17(12-19)7-15(10-23-17)21-8-13-1-4-18-5-2-13/h1-6,9,15H,7-8,10-12H2. The molecule has 1 amide bonds. The van der Waals surface area contributed by atoms with Crippen LogP contribution in [0.1, 0.15) is 22.3 Å². The summed E-state index contributed by atoms with van der Waals surface area (Å²) in [7, 11) is 0. The van der Waals surface area contributed by atoms with Crippen LogP contribution in [-0.4, -0.2) is 45.5 Å². The largest absolute Gasteiger partial charge is 0.373 e. The van der Waals surface area contributed by atoms with Crippen molar-refractivity contribution in [3.63, 3.8) is 0 Å². The molecule has 4 nitrogen and oxygen atoms in total. The van der Waals surface area contributed by atoms with Gasteiger partial charge in [0.2, 0.25) is 0 Å². The maximum atomic E-state index is 12.3. The summed E-state index contributed by atoms with van der Waals surface area (Å²) in [6.07, 6.45) is 4.91. The molecule has 2 aromatic rings. The zero-order valence-electron chi connectivity index (χ0n) is 12.7. The van der Waals surface area contributed by atoms with E-state index in [4.69, 9.17) is 4.74 Å². The van der Waals surface area contributed by atoms with E-state index in [1.54, 1.807) is 23.7 Å². The van der Waals surface area contributed by atoms with Gasteiger partial charge < -0.3 is 9.64 Å². The van der Waals surface area contributed by atoms with Gasteiger partial charge in [-0.3, -0.25) is 9.78 Å². The van der Waals surface area contributed by atoms with Crippen LogP contribution in [0.5, 0.6) is 0 Å². The van der Waals surface area contributed by atoms with Gasteiger partial charge in [0.1, 0.15) is 0 Å². The van der Waals surface area contributed by atoms with E-state index in [2.05, 4.69) is 4.98 Å². The van der Waals surface area contributed by atoms with Crippen LogP contribution in [-0.2, 0) is 11.3 Å². The lowest BCUT2D eigenvalue weighted by Gasteiger charge is -2.47. The second kappa shape index (κ2) is 6.26. The quantitative estimate of drug-likeness (QED) is 0.853. The zero-order chi connectivity index (χ0) is 15.7. The van der Waals surface area contributed by atoms with Crippen molar-refractivity contribution < 1.29 is 9.53 Å². The van der Waals surface area contributed by atoms with Gasteiger partial charge >= 0.3 is 0 Å². The maximum Gasteiger partial charge on any atom is 0.254 e. The first-order valence-corrected chi connectivity index (χ1v) is 9.63. The third-order valence-corrected chi connectivity index (χ3v) is 6.68. The Balaban J connectivity index is 1.27. The summed E-state index contributed by atoms with van der Waals surface area (Å²) in [6, 6.07) is 5.88. The second-order valence-electron chi connectivity index (χ2n) is 6.16. The fraction of sp³-hybridized carbons (Fsp3) is 0.412. The Morgan fingerprint density at radius 2 is 2.17 bits per heavy atom. The van der Waals surface area contributed by atoms with Crippen LogP contribution in [0, 0.1) is 0 Å². The molecule has 0 saturated carbocycles. The van der Waals surface area contributed by atoms with Crippen molar-refractivity contribution in [1.82, 2.24) is 9.88 Å². The van der Waals surface area contributed by atoms with Gasteiger partial charge in [-0.05, 0) is 35.6 Å². The molecule has 4 rings (SSSR count). The van der Waals surface area contributed by atoms with Crippen molar-refractivity contribution in [2.45, 2.75) is 23.9 Å². The highest BCUT2D eigenvalue weighted by atomic mass is 32.2. The molecule has 0 radical (unpaired) electrons. The normalized spacial score (nSPS) is 22.3. The lowest BCUT2D eigenvalue weighted by atomic mass is 9.92. The third kappa shape index (κ3) is 3.16. The number of hydrogen-bond donors (Lipinski definition) is 0. The van der Waals surface area contributed by atoms with Gasteiger partial charge in [0.15, 0.2) is 0 Å². The molecule has 2 aliphatic heterocycles. The van der Waals surface area contributed by atoms with E-state index in [1.807, 2.05) is 45.6 Å². The fourth-order valence-corrected chi connectivity index (χ4v) is 5.37. The van der Waals surface area contributed by atoms with Gasteiger partial charge in [0, 0.05) is 36.6 Å². The molecular weight excluding hydrogens is 328 g/mol. The van der Waals surface area contributed by atoms with Crippen molar-refractivity contribution in [3.05, 3.63) is 52.5 Å². The number of rotatable bonds is 4. The van der Waals surface area contributed by atoms with E-state index >= 15 is 0 Å². The van der Waals surface area contributed by atoms with Crippen LogP contribution in [0.2, 0.25) is 0 Å². The summed E-state index contributed by atoms with van der Waals surface area (Å²) in [5.41, 5.74) is 1.98. The summed E-state index contributed by atoms with van der Waals surface area (Å²) in [4.78, 5) is 18.3. The number of pyridine rings is 1. The van der Waals surface area contributed by atoms with E-state index in [0.717, 1.165) is 36.4 Å². The molecule has 4 heterocycles. The highest BCUT2D eigenvalue weighted by Crippen LogP contribution is 2.46. The van der Waals surface area contributed by atoms with E-state index < -0.39 is 0 Å². The minimum Gasteiger partial charge on any atom is -0.373 e. The van der Waals surface area contributed by atoms with Gasteiger partial charge in [-0.15, -0.1) is 11.8 Å². The SMILES string of the molecule is O=C(c1ccsc1)N1CC2(CC(OCc3ccncc3)CS2)C1. The van der Waals surface area contributed by atoms with E-state index in [0.29, 0.717) is 6.61 Å². The average Bonchev–Trinajstić information content (AvgIpc) is 3.22. The first-order valence-electron chi connectivity index (χ1n) is 7.70. The number of likely N-dealkylation sites (tertiary alicyclic amines) is 1. The predicted octanol–water partition coefficient (Wildman–Crippen LogP) is 3.06. The summed E-state index contributed by atoms with van der Waals surface area (Å²) in [5.74, 6) is 1.18. The van der Waals surface area contributed by atoms with Gasteiger partial charge in [0.05, 0.1) is 23.0 Å². The Hall–Kier alpha value is -1.37. The lowest BCUT2D eigenvalue weighted by Crippen LogP contribution is -2.60. The average molecular weight is 346 g/mol. The summed E-state index contributed by atoms with van der Waals surface area (Å²) in [5, 5.41) is 3.88. The molecule has 120 valence electrons. The Labute approximate surface area is 143 Å². The monoisotopic (exact) mass is 346 g/mol. The number of hydrogen-bond acceptors (Lipinski definition) is 5. The Morgan fingerprint density at radius 3 is 2.91 bits per heavy atom. The molecule has 2 saturated heterocycles. The number of nitrogens with zero attached hydrogens (tertiary/aromatic N) is 2. The summed E-state index contributed by atoms with van der Waals surface area (Å²) < 4.78 is 6.25. The predicted molar refractivity (Wildman–Crippen MR) is 92.8 cm³/mol. The van der Waals surface area contributed by atoms with E-state index in [1.165, 1.54) is 0 Å². The van der Waals surface area contributed by atoms with Crippen molar-refractivity contribution in [2.24, 2.45) is 0 Å². The molecule has 1 spiro atoms. The first kappa shape index (κ1) is 15.2. The van der Waals surface area contributed by atoms with Crippen molar-refractivity contribution in [3.8, 4) is 0 Å². The van der Waals surface area contributed by atoms with Crippen LogP contribution >= 0.6 is 23.1 Å². The van der Waals surface area contributed by atoms with Crippen LogP contribution in [0.3, 0.4) is 0 Å². The van der Waals surface area contributed by atoms with Crippen LogP contribution in [0.4, 0.5) is 0 Å². The molecule has 0 aromatic carbocycles. The lowest BCUT2D eigenvalue weighted by molar-refractivity contribution is 0.0255. The Bertz CT molecular complexity index is 669. The minimum atomic E-state index is 0.165. The molecular formula is C17H18N2O2S2. The van der Waals surface area contributed by atoms with Gasteiger partial charge in [-0.1, -0.05) is 0 Å². The Kier molecular flexibility index (Phi) is 4.13. The number of carbonyl (C=O) groups excluding carboxylic acids is 1. The fourth-order valence-electron chi connectivity index (χ4n) is 3.18. The maximum absolute atomic E-state index is 12.3. The molecule has 23 heavy (non-hydrogen) atoms. The highest BCUT2D eigenvalue weighted by molar-refractivity contribution is 8.01. The molecule has 0 aliphatic carbocycles. The third-order valence-electron chi connectivity index (χ3n) is 4.42. The number of ether oxygens (including phenoxy) is 1. The molecule has 1 atom stereocenters. The highest BCUT2D eigenvalue weighted by Gasteiger charge is 2.51. The van der Waals surface area contributed by atoms with E-state index in [-0.39, 0.29) is 16.8 Å². The first-order chi connectivity index (χ1) is 11.2. The Morgan fingerprint density at radius 1 is 1.35 bits per heavy atom. The minimum absolute atomic E-state index is 0.165. The molecule has 2 aromatic heterocycles. The van der Waals surface area contributed by atoms with Crippen LogP contribution in [0.25, 0.3) is 0 Å². The summed E-state index contributed by atoms with van der Waals surface area (Å²) >= 11 is 3.54. The molecule has 1 unspecified atom stereocenters. The smallest absolute Gasteiger partial charge is 0.254 e. The van der Waals surface area contributed by atoms with E-state index in [9.17, 15) is 4.79 Å². The molecule has 0 N–H and O–H groups in total. The molecule has 0 bridgehead atoms. The van der Waals surface area contributed by atoms with Gasteiger partial charge in [-0.25, -0.2) is 0 Å². The molecule has 6 heteroatoms. The van der Waals surface area contributed by atoms with Crippen LogP contribution < -0.4 is 0 Å². The molecule has 2 aliphatic rings. The number of aromatic nitrogens is 1. The van der Waals surface area contributed by atoms with Crippen molar-refractivity contribution >= 4 is 29.0 Å². The van der Waals surface area contributed by atoms with Gasteiger partial charge in [0.25, 0.3) is 5.91 Å². The number of thioether (sulfide) groups is 1. The number of thiophene rings is 1. The molecule has 2 fully saturated rings. The second-order valence-corrected chi connectivity index (χ2v) is 8.43. The summed E-state index contributed by atoms with van der Waals surface area (Å²) in [6.45, 7) is 2.34. The zero-order valence-corrected chi connectivity index (χ0v) is 14.3. The van der Waals surface area contributed by atoms with Gasteiger partial charge in [-0.2, -0.15) is 11.3 Å². The van der Waals surface area contributed by atoms with Crippen molar-refractivity contribution in [1.29, 1.82) is 0 Å². The van der Waals surface area contributed by atoms with Crippen LogP contribution in [0.15, 0.2) is 41.4 Å².